The summed E-state index contributed by atoms with van der Waals surface area (Å²) in [5.74, 6) is 0. The van der Waals surface area contributed by atoms with Crippen molar-refractivity contribution < 1.29 is 4.74 Å². The lowest BCUT2D eigenvalue weighted by Crippen LogP contribution is -2.45. The molecular formula is C17H25NO. The lowest BCUT2D eigenvalue weighted by molar-refractivity contribution is 0.0368. The number of hydrogen-bond acceptors (Lipinski definition) is 2. The van der Waals surface area contributed by atoms with Crippen LogP contribution in [0, 0.1) is 0 Å². The molecule has 3 rings (SSSR count). The van der Waals surface area contributed by atoms with Gasteiger partial charge in [-0.25, -0.2) is 0 Å². The maximum atomic E-state index is 5.67. The molecule has 2 nitrogen and oxygen atoms in total. The molecule has 0 spiro atoms. The fourth-order valence-electron chi connectivity index (χ4n) is 3.76. The molecule has 0 radical (unpaired) electrons. The Bertz CT molecular complexity index is 417. The molecule has 19 heavy (non-hydrogen) atoms. The molecule has 3 atom stereocenters. The summed E-state index contributed by atoms with van der Waals surface area (Å²) in [6.07, 6.45) is 9.35. The average molecular weight is 259 g/mol. The number of aryl methyl sites for hydroxylation is 1. The van der Waals surface area contributed by atoms with Crippen LogP contribution in [0.1, 0.15) is 55.7 Å². The summed E-state index contributed by atoms with van der Waals surface area (Å²) in [6, 6.07) is 10.0. The number of nitrogens with one attached hydrogen (secondary N) is 1. The smallest absolute Gasteiger partial charge is 0.0724 e. The van der Waals surface area contributed by atoms with Crippen molar-refractivity contribution in [2.75, 3.05) is 7.11 Å². The molecule has 2 aliphatic rings. The number of benzene rings is 1. The molecule has 0 heterocycles. The first-order chi connectivity index (χ1) is 9.38. The Morgan fingerprint density at radius 1 is 1.05 bits per heavy atom. The lowest BCUT2D eigenvalue weighted by Gasteiger charge is -2.36. The third-order valence-electron chi connectivity index (χ3n) is 4.79. The van der Waals surface area contributed by atoms with Crippen LogP contribution >= 0.6 is 0 Å². The van der Waals surface area contributed by atoms with E-state index in [4.69, 9.17) is 4.74 Å². The largest absolute Gasteiger partial charge is 0.380 e. The summed E-state index contributed by atoms with van der Waals surface area (Å²) >= 11 is 0. The van der Waals surface area contributed by atoms with E-state index in [-0.39, 0.29) is 0 Å². The third-order valence-corrected chi connectivity index (χ3v) is 4.79. The molecule has 0 amide bonds. The minimum Gasteiger partial charge on any atom is -0.380 e. The van der Waals surface area contributed by atoms with E-state index in [9.17, 15) is 0 Å². The summed E-state index contributed by atoms with van der Waals surface area (Å²) in [6.45, 7) is 0. The van der Waals surface area contributed by atoms with Gasteiger partial charge >= 0.3 is 0 Å². The van der Waals surface area contributed by atoms with E-state index in [2.05, 4.69) is 29.6 Å². The first-order valence-electron chi connectivity index (χ1n) is 7.75. The maximum absolute atomic E-state index is 5.67. The van der Waals surface area contributed by atoms with Crippen molar-refractivity contribution in [1.29, 1.82) is 0 Å². The molecule has 0 aromatic heterocycles. The van der Waals surface area contributed by atoms with Crippen molar-refractivity contribution in [3.8, 4) is 0 Å². The SMILES string of the molecule is COC1CCCCC1NC1CCCc2ccccc21. The van der Waals surface area contributed by atoms with Gasteiger partial charge in [0.1, 0.15) is 0 Å². The van der Waals surface area contributed by atoms with Gasteiger partial charge in [0.15, 0.2) is 0 Å². The molecule has 0 bridgehead atoms. The van der Waals surface area contributed by atoms with Crippen LogP contribution in [0.3, 0.4) is 0 Å². The lowest BCUT2D eigenvalue weighted by atomic mass is 9.85. The summed E-state index contributed by atoms with van der Waals surface area (Å²) in [5, 5.41) is 3.89. The first-order valence-corrected chi connectivity index (χ1v) is 7.75. The van der Waals surface area contributed by atoms with Gasteiger partial charge < -0.3 is 10.1 Å². The van der Waals surface area contributed by atoms with E-state index in [0.717, 1.165) is 0 Å². The average Bonchev–Trinajstić information content (AvgIpc) is 2.48. The molecule has 1 saturated carbocycles. The van der Waals surface area contributed by atoms with Crippen LogP contribution in [0.15, 0.2) is 24.3 Å². The highest BCUT2D eigenvalue weighted by Gasteiger charge is 2.29. The minimum atomic E-state index is 0.405. The normalized spacial score (nSPS) is 30.9. The van der Waals surface area contributed by atoms with Crippen LogP contribution in [0.5, 0.6) is 0 Å². The molecule has 1 fully saturated rings. The van der Waals surface area contributed by atoms with Gasteiger partial charge in [-0.15, -0.1) is 0 Å². The van der Waals surface area contributed by atoms with Gasteiger partial charge in [-0.3, -0.25) is 0 Å². The van der Waals surface area contributed by atoms with Crippen LogP contribution in [-0.4, -0.2) is 19.3 Å². The predicted molar refractivity (Wildman–Crippen MR) is 78.3 cm³/mol. The number of fused-ring (bicyclic) bond motifs is 1. The van der Waals surface area contributed by atoms with Crippen LogP contribution in [-0.2, 0) is 11.2 Å². The number of methoxy groups -OCH3 is 1. The zero-order chi connectivity index (χ0) is 13.1. The van der Waals surface area contributed by atoms with E-state index in [1.165, 1.54) is 56.1 Å². The third kappa shape index (κ3) is 2.85. The topological polar surface area (TPSA) is 21.3 Å². The van der Waals surface area contributed by atoms with Crippen LogP contribution in [0.25, 0.3) is 0 Å². The van der Waals surface area contributed by atoms with E-state index < -0.39 is 0 Å². The van der Waals surface area contributed by atoms with Gasteiger partial charge in [0.25, 0.3) is 0 Å². The van der Waals surface area contributed by atoms with Gasteiger partial charge in [0.2, 0.25) is 0 Å². The van der Waals surface area contributed by atoms with Gasteiger partial charge in [0, 0.05) is 19.2 Å². The number of rotatable bonds is 3. The second-order valence-electron chi connectivity index (χ2n) is 5.98. The Hall–Kier alpha value is -0.860. The van der Waals surface area contributed by atoms with E-state index >= 15 is 0 Å². The Kier molecular flexibility index (Phi) is 4.19. The van der Waals surface area contributed by atoms with Gasteiger partial charge in [0.05, 0.1) is 6.10 Å². The molecule has 1 N–H and O–H groups in total. The molecule has 0 saturated heterocycles. The Morgan fingerprint density at radius 2 is 1.89 bits per heavy atom. The number of hydrogen-bond donors (Lipinski definition) is 1. The van der Waals surface area contributed by atoms with Gasteiger partial charge in [-0.05, 0) is 43.2 Å². The first kappa shape index (κ1) is 13.1. The minimum absolute atomic E-state index is 0.405. The second kappa shape index (κ2) is 6.06. The van der Waals surface area contributed by atoms with Crippen molar-refractivity contribution in [2.24, 2.45) is 0 Å². The molecule has 104 valence electrons. The van der Waals surface area contributed by atoms with Crippen molar-refractivity contribution in [2.45, 2.75) is 63.1 Å². The van der Waals surface area contributed by atoms with Crippen molar-refractivity contribution in [1.82, 2.24) is 5.32 Å². The molecule has 2 heteroatoms. The molecule has 0 aliphatic heterocycles. The van der Waals surface area contributed by atoms with Crippen LogP contribution in [0.4, 0.5) is 0 Å². The maximum Gasteiger partial charge on any atom is 0.0724 e. The summed E-state index contributed by atoms with van der Waals surface area (Å²) in [4.78, 5) is 0. The standard InChI is InChI=1S/C17H25NO/c1-19-17-12-5-4-10-16(17)18-15-11-6-8-13-7-2-3-9-14(13)15/h2-3,7,9,15-18H,4-6,8,10-12H2,1H3. The molecule has 1 aromatic rings. The summed E-state index contributed by atoms with van der Waals surface area (Å²) in [5.41, 5.74) is 3.06. The fraction of sp³-hybridized carbons (Fsp3) is 0.647. The van der Waals surface area contributed by atoms with Gasteiger partial charge in [-0.1, -0.05) is 37.1 Å². The molecular weight excluding hydrogens is 234 g/mol. The second-order valence-corrected chi connectivity index (χ2v) is 5.98. The predicted octanol–water partition coefficient (Wildman–Crippen LogP) is 3.61. The molecule has 2 aliphatic carbocycles. The Morgan fingerprint density at radius 3 is 2.79 bits per heavy atom. The summed E-state index contributed by atoms with van der Waals surface area (Å²) in [7, 11) is 1.86. The highest BCUT2D eigenvalue weighted by Crippen LogP contribution is 2.32. The fourth-order valence-corrected chi connectivity index (χ4v) is 3.76. The monoisotopic (exact) mass is 259 g/mol. The van der Waals surface area contributed by atoms with Crippen LogP contribution in [0.2, 0.25) is 0 Å². The summed E-state index contributed by atoms with van der Waals surface area (Å²) < 4.78 is 5.67. The van der Waals surface area contributed by atoms with Crippen molar-refractivity contribution in [3.63, 3.8) is 0 Å². The Balaban J connectivity index is 1.73. The van der Waals surface area contributed by atoms with Crippen LogP contribution < -0.4 is 5.32 Å². The van der Waals surface area contributed by atoms with E-state index in [0.29, 0.717) is 18.2 Å². The molecule has 1 aromatic carbocycles. The molecule has 3 unspecified atom stereocenters. The highest BCUT2D eigenvalue weighted by atomic mass is 16.5. The zero-order valence-corrected chi connectivity index (χ0v) is 11.9. The Labute approximate surface area is 116 Å². The van der Waals surface area contributed by atoms with E-state index in [1.807, 2.05) is 7.11 Å². The van der Waals surface area contributed by atoms with Gasteiger partial charge in [-0.2, -0.15) is 0 Å². The van der Waals surface area contributed by atoms with E-state index in [1.54, 1.807) is 0 Å². The number of ether oxygens (including phenoxy) is 1. The van der Waals surface area contributed by atoms with Crippen molar-refractivity contribution >= 4 is 0 Å². The zero-order valence-electron chi connectivity index (χ0n) is 11.9. The van der Waals surface area contributed by atoms with Crippen molar-refractivity contribution in [3.05, 3.63) is 35.4 Å². The highest BCUT2D eigenvalue weighted by molar-refractivity contribution is 5.32. The quantitative estimate of drug-likeness (QED) is 0.895.